The van der Waals surface area contributed by atoms with E-state index >= 15 is 0 Å². The second kappa shape index (κ2) is 12.5. The van der Waals surface area contributed by atoms with Gasteiger partial charge in [0, 0.05) is 18.9 Å². The number of para-hydroxylation sites is 1. The fourth-order valence-electron chi connectivity index (χ4n) is 4.25. The molecule has 2 aromatic carbocycles. The average molecular weight is 547 g/mol. The summed E-state index contributed by atoms with van der Waals surface area (Å²) < 4.78 is 34.8. The van der Waals surface area contributed by atoms with E-state index in [1.54, 1.807) is 20.4 Å². The fourth-order valence-corrected chi connectivity index (χ4v) is 5.48. The lowest BCUT2D eigenvalue weighted by atomic mass is 10.1. The number of methoxy groups -OCH3 is 1. The van der Waals surface area contributed by atoms with Crippen molar-refractivity contribution < 1.29 is 17.9 Å². The van der Waals surface area contributed by atoms with Crippen LogP contribution in [0.1, 0.15) is 49.5 Å². The highest BCUT2D eigenvalue weighted by Gasteiger charge is 2.24. The van der Waals surface area contributed by atoms with E-state index in [0.717, 1.165) is 17.3 Å². The lowest BCUT2D eigenvalue weighted by molar-refractivity contribution is -0.120. The van der Waals surface area contributed by atoms with Crippen molar-refractivity contribution in [1.82, 2.24) is 25.0 Å². The Labute approximate surface area is 227 Å². The molecule has 3 N–H and O–H groups in total. The summed E-state index contributed by atoms with van der Waals surface area (Å²) in [4.78, 5) is 24.0. The number of hydrogen-bond acceptors (Lipinski definition) is 7. The summed E-state index contributed by atoms with van der Waals surface area (Å²) in [7, 11) is -0.761. The zero-order valence-electron chi connectivity index (χ0n) is 21.8. The van der Waals surface area contributed by atoms with Gasteiger partial charge in [0.05, 0.1) is 52.7 Å². The van der Waals surface area contributed by atoms with Gasteiger partial charge in [-0.3, -0.25) is 4.79 Å². The van der Waals surface area contributed by atoms with Crippen LogP contribution < -0.4 is 14.8 Å². The predicted octanol–water partition coefficient (Wildman–Crippen LogP) is 4.22. The second-order valence-corrected chi connectivity index (χ2v) is 10.7. The van der Waals surface area contributed by atoms with Crippen LogP contribution in [-0.4, -0.2) is 43.4 Å². The van der Waals surface area contributed by atoms with Gasteiger partial charge >= 0.3 is 0 Å². The summed E-state index contributed by atoms with van der Waals surface area (Å²) in [5.41, 5.74) is 2.51. The molecule has 39 heavy (non-hydrogen) atoms. The van der Waals surface area contributed by atoms with Crippen molar-refractivity contribution in [2.75, 3.05) is 14.2 Å². The quantitative estimate of drug-likeness (QED) is 0.225. The molecule has 0 saturated heterocycles. The number of aromatic nitrogens is 3. The van der Waals surface area contributed by atoms with Gasteiger partial charge in [-0.15, -0.1) is 0 Å². The Morgan fingerprint density at radius 1 is 1.13 bits per heavy atom. The lowest BCUT2D eigenvalue weighted by Crippen LogP contribution is -2.29. The van der Waals surface area contributed by atoms with Crippen molar-refractivity contribution >= 4 is 26.8 Å². The van der Waals surface area contributed by atoms with E-state index in [1.807, 2.05) is 36.4 Å². The van der Waals surface area contributed by atoms with Crippen molar-refractivity contribution in [3.05, 3.63) is 72.2 Å². The first-order valence-corrected chi connectivity index (χ1v) is 14.0. The molecule has 0 spiro atoms. The number of nitrogens with zero attached hydrogens (tertiary/aromatic N) is 3. The molecule has 4 rings (SSSR count). The van der Waals surface area contributed by atoms with E-state index in [-0.39, 0.29) is 10.8 Å². The Balaban J connectivity index is 1.61. The largest absolute Gasteiger partial charge is 0.480 e. The maximum Gasteiger partial charge on any atom is 0.241 e. The van der Waals surface area contributed by atoms with Crippen LogP contribution >= 0.6 is 0 Å². The molecule has 0 bridgehead atoms. The zero-order valence-corrected chi connectivity index (χ0v) is 22.6. The molecule has 2 aromatic heterocycles. The van der Waals surface area contributed by atoms with E-state index < -0.39 is 16.1 Å². The number of aromatic amines is 1. The number of carbonyl (C=O) groups is 1. The van der Waals surface area contributed by atoms with E-state index in [9.17, 15) is 13.2 Å². The topological polar surface area (TPSA) is 150 Å². The third-order valence-corrected chi connectivity index (χ3v) is 7.85. The number of hydrogen-bond donors (Lipinski definition) is 3. The highest BCUT2D eigenvalue weighted by Crippen LogP contribution is 2.32. The molecule has 0 unspecified atom stereocenters. The number of benzene rings is 2. The second-order valence-electron chi connectivity index (χ2n) is 9.00. The van der Waals surface area contributed by atoms with Crippen LogP contribution in [0, 0.1) is 11.3 Å². The Kier molecular flexibility index (Phi) is 8.91. The summed E-state index contributed by atoms with van der Waals surface area (Å²) in [6, 6.07) is 16.7. The maximum atomic E-state index is 13.2. The molecule has 2 heterocycles. The molecule has 11 heteroatoms. The number of sulfonamides is 1. The van der Waals surface area contributed by atoms with E-state index in [4.69, 9.17) is 10.00 Å². The molecular weight excluding hydrogens is 516 g/mol. The molecule has 1 atom stereocenters. The summed E-state index contributed by atoms with van der Waals surface area (Å²) in [5, 5.41) is 12.6. The van der Waals surface area contributed by atoms with E-state index in [1.165, 1.54) is 24.3 Å². The van der Waals surface area contributed by atoms with Crippen molar-refractivity contribution in [3.63, 3.8) is 0 Å². The Hall–Kier alpha value is -4.27. The Morgan fingerprint density at radius 3 is 2.62 bits per heavy atom. The summed E-state index contributed by atoms with van der Waals surface area (Å²) >= 11 is 0. The molecule has 0 fully saturated rings. The monoisotopic (exact) mass is 546 g/mol. The van der Waals surface area contributed by atoms with Crippen LogP contribution in [0.25, 0.3) is 22.2 Å². The molecule has 0 radical (unpaired) electrons. The van der Waals surface area contributed by atoms with Gasteiger partial charge in [0.1, 0.15) is 5.82 Å². The number of imidazole rings is 1. The molecule has 202 valence electrons. The zero-order chi connectivity index (χ0) is 27.8. The van der Waals surface area contributed by atoms with Crippen LogP contribution in [0.15, 0.2) is 65.7 Å². The number of nitrogens with one attached hydrogen (secondary N) is 3. The van der Waals surface area contributed by atoms with Gasteiger partial charge in [0.15, 0.2) is 0 Å². The molecular formula is C28H30N6O4S. The normalized spacial score (nSPS) is 12.1. The number of fused-ring (bicyclic) bond motifs is 1. The summed E-state index contributed by atoms with van der Waals surface area (Å²) in [6.45, 7) is 0. The van der Waals surface area contributed by atoms with Gasteiger partial charge in [0.2, 0.25) is 21.8 Å². The van der Waals surface area contributed by atoms with Crippen molar-refractivity contribution in [2.24, 2.45) is 0 Å². The first kappa shape index (κ1) is 27.8. The molecule has 1 amide bonds. The SMILES string of the molecule is CNC(=O)CCCCC[C@H](NS(=O)(=O)c1ccc(C#N)cc1)c1ncc(-c2cc3ccccc3nc2OC)[nH]1. The smallest absolute Gasteiger partial charge is 0.241 e. The number of nitriles is 1. The number of carbonyl (C=O) groups excluding carboxylic acids is 1. The average Bonchev–Trinajstić information content (AvgIpc) is 3.45. The molecule has 10 nitrogen and oxygen atoms in total. The molecule has 0 aliphatic heterocycles. The van der Waals surface area contributed by atoms with Gasteiger partial charge in [-0.1, -0.05) is 31.0 Å². The first-order chi connectivity index (χ1) is 18.8. The third kappa shape index (κ3) is 6.79. The molecule has 4 aromatic rings. The van der Waals surface area contributed by atoms with Gasteiger partial charge in [-0.2, -0.15) is 5.26 Å². The minimum atomic E-state index is -3.91. The predicted molar refractivity (Wildman–Crippen MR) is 147 cm³/mol. The van der Waals surface area contributed by atoms with E-state index in [0.29, 0.717) is 54.2 Å². The maximum absolute atomic E-state index is 13.2. The number of ether oxygens (including phenoxy) is 1. The van der Waals surface area contributed by atoms with Gasteiger partial charge in [-0.25, -0.2) is 23.1 Å². The fraction of sp³-hybridized carbons (Fsp3) is 0.286. The van der Waals surface area contributed by atoms with Crippen LogP contribution in [0.3, 0.4) is 0 Å². The molecule has 0 saturated carbocycles. The summed E-state index contributed by atoms with van der Waals surface area (Å²) in [5.74, 6) is 0.846. The highest BCUT2D eigenvalue weighted by atomic mass is 32.2. The number of H-pyrrole nitrogens is 1. The van der Waals surface area contributed by atoms with Crippen molar-refractivity contribution in [2.45, 2.75) is 43.0 Å². The minimum absolute atomic E-state index is 0.0262. The van der Waals surface area contributed by atoms with Crippen LogP contribution in [0.4, 0.5) is 0 Å². The van der Waals surface area contributed by atoms with Crippen LogP contribution in [-0.2, 0) is 14.8 Å². The van der Waals surface area contributed by atoms with E-state index in [2.05, 4.69) is 25.0 Å². The van der Waals surface area contributed by atoms with Crippen LogP contribution in [0.2, 0.25) is 0 Å². The minimum Gasteiger partial charge on any atom is -0.480 e. The van der Waals surface area contributed by atoms with Gasteiger partial charge in [0.25, 0.3) is 0 Å². The molecule has 0 aliphatic carbocycles. The standard InChI is InChI=1S/C28H30N6O4S/c1-30-26(35)11-5-3-4-10-24(34-39(36,37)21-14-12-19(17-29)13-15-21)27-31-18-25(32-27)22-16-20-8-6-7-9-23(20)33-28(22)38-2/h6-9,12-16,18,24,34H,3-5,10-11H2,1-2H3,(H,30,35)(H,31,32)/t24-/m0/s1. The first-order valence-electron chi connectivity index (χ1n) is 12.6. The van der Waals surface area contributed by atoms with Gasteiger partial charge < -0.3 is 15.0 Å². The van der Waals surface area contributed by atoms with Gasteiger partial charge in [-0.05, 0) is 49.2 Å². The Bertz CT molecular complexity index is 1590. The Morgan fingerprint density at radius 2 is 1.90 bits per heavy atom. The summed E-state index contributed by atoms with van der Waals surface area (Å²) in [6.07, 6.45) is 4.63. The number of unbranched alkanes of at least 4 members (excludes halogenated alkanes) is 2. The third-order valence-electron chi connectivity index (χ3n) is 6.36. The highest BCUT2D eigenvalue weighted by molar-refractivity contribution is 7.89. The lowest BCUT2D eigenvalue weighted by Gasteiger charge is -2.17. The number of rotatable bonds is 12. The van der Waals surface area contributed by atoms with Crippen molar-refractivity contribution in [1.29, 1.82) is 5.26 Å². The number of amides is 1. The van der Waals surface area contributed by atoms with Crippen molar-refractivity contribution in [3.8, 4) is 23.2 Å². The molecule has 0 aliphatic rings. The van der Waals surface area contributed by atoms with Crippen LogP contribution in [0.5, 0.6) is 5.88 Å². The number of pyridine rings is 1.